The summed E-state index contributed by atoms with van der Waals surface area (Å²) in [5.74, 6) is 0.0359. The SMILES string of the molecule is O=C1S/C(=C/c2ccco2)C(=O)N1Cc1cccc([N+](=O)[O-])c1. The van der Waals surface area contributed by atoms with E-state index in [-0.39, 0.29) is 17.1 Å². The molecule has 0 radical (unpaired) electrons. The lowest BCUT2D eigenvalue weighted by Crippen LogP contribution is -2.27. The van der Waals surface area contributed by atoms with Gasteiger partial charge in [0.1, 0.15) is 5.76 Å². The van der Waals surface area contributed by atoms with Crippen LogP contribution in [0.25, 0.3) is 6.08 Å². The minimum Gasteiger partial charge on any atom is -0.465 e. The van der Waals surface area contributed by atoms with Gasteiger partial charge in [-0.25, -0.2) is 0 Å². The zero-order valence-corrected chi connectivity index (χ0v) is 12.5. The van der Waals surface area contributed by atoms with Crippen molar-refractivity contribution in [1.29, 1.82) is 0 Å². The van der Waals surface area contributed by atoms with Crippen LogP contribution in [0.2, 0.25) is 0 Å². The lowest BCUT2D eigenvalue weighted by Gasteiger charge is -2.12. The molecular weight excluding hydrogens is 320 g/mol. The second-order valence-electron chi connectivity index (χ2n) is 4.71. The molecule has 0 N–H and O–H groups in total. The normalized spacial score (nSPS) is 16.3. The second kappa shape index (κ2) is 6.09. The summed E-state index contributed by atoms with van der Waals surface area (Å²) in [5.41, 5.74) is 0.432. The van der Waals surface area contributed by atoms with Crippen LogP contribution in [0.5, 0.6) is 0 Å². The highest BCUT2D eigenvalue weighted by Gasteiger charge is 2.35. The fourth-order valence-corrected chi connectivity index (χ4v) is 2.91. The van der Waals surface area contributed by atoms with Gasteiger partial charge in [-0.3, -0.25) is 24.6 Å². The van der Waals surface area contributed by atoms with Crippen LogP contribution in [0.3, 0.4) is 0 Å². The van der Waals surface area contributed by atoms with E-state index in [1.165, 1.54) is 30.5 Å². The van der Waals surface area contributed by atoms with E-state index < -0.39 is 16.1 Å². The molecule has 0 unspecified atom stereocenters. The fourth-order valence-electron chi connectivity index (χ4n) is 2.09. The molecule has 0 bridgehead atoms. The van der Waals surface area contributed by atoms with Crippen LogP contribution >= 0.6 is 11.8 Å². The van der Waals surface area contributed by atoms with Gasteiger partial charge in [-0.2, -0.15) is 0 Å². The molecule has 1 aromatic heterocycles. The van der Waals surface area contributed by atoms with Gasteiger partial charge in [0.25, 0.3) is 16.8 Å². The summed E-state index contributed by atoms with van der Waals surface area (Å²) in [7, 11) is 0. The molecule has 2 amide bonds. The van der Waals surface area contributed by atoms with E-state index in [4.69, 9.17) is 4.42 Å². The monoisotopic (exact) mass is 330 g/mol. The number of nitrogens with zero attached hydrogens (tertiary/aromatic N) is 2. The largest absolute Gasteiger partial charge is 0.465 e. The van der Waals surface area contributed by atoms with Gasteiger partial charge in [-0.1, -0.05) is 12.1 Å². The van der Waals surface area contributed by atoms with Crippen molar-refractivity contribution in [2.75, 3.05) is 0 Å². The summed E-state index contributed by atoms with van der Waals surface area (Å²) in [6.45, 7) is -0.0121. The average Bonchev–Trinajstić information content (AvgIpc) is 3.12. The number of rotatable bonds is 4. The van der Waals surface area contributed by atoms with Gasteiger partial charge in [-0.15, -0.1) is 0 Å². The van der Waals surface area contributed by atoms with Crippen molar-refractivity contribution in [3.63, 3.8) is 0 Å². The van der Waals surface area contributed by atoms with Crippen molar-refractivity contribution < 1.29 is 18.9 Å². The summed E-state index contributed by atoms with van der Waals surface area (Å²) in [6.07, 6.45) is 2.97. The summed E-state index contributed by atoms with van der Waals surface area (Å²) in [4.78, 5) is 35.9. The molecule has 1 aliphatic heterocycles. The first-order valence-electron chi connectivity index (χ1n) is 6.57. The Morgan fingerprint density at radius 2 is 2.09 bits per heavy atom. The number of hydrogen-bond donors (Lipinski definition) is 0. The van der Waals surface area contributed by atoms with Gasteiger partial charge in [0.2, 0.25) is 0 Å². The smallest absolute Gasteiger partial charge is 0.293 e. The van der Waals surface area contributed by atoms with Crippen molar-refractivity contribution in [3.8, 4) is 0 Å². The number of thioether (sulfide) groups is 1. The molecule has 2 heterocycles. The second-order valence-corrected chi connectivity index (χ2v) is 5.70. The molecular formula is C15H10N2O5S. The first-order chi connectivity index (χ1) is 11.0. The molecule has 1 aliphatic rings. The number of hydrogen-bond acceptors (Lipinski definition) is 6. The maximum atomic E-state index is 12.3. The van der Waals surface area contributed by atoms with Crippen LogP contribution in [0, 0.1) is 10.1 Å². The number of non-ortho nitro benzene ring substituents is 1. The number of amides is 2. The minimum atomic E-state index is -0.520. The Hall–Kier alpha value is -2.87. The lowest BCUT2D eigenvalue weighted by molar-refractivity contribution is -0.384. The maximum absolute atomic E-state index is 12.3. The number of imide groups is 1. The highest BCUT2D eigenvalue weighted by Crippen LogP contribution is 2.33. The summed E-state index contributed by atoms with van der Waals surface area (Å²) in [6, 6.07) is 9.21. The molecule has 7 nitrogen and oxygen atoms in total. The standard InChI is InChI=1S/C15H10N2O5S/c18-14-13(8-12-5-2-6-22-12)23-15(19)16(14)9-10-3-1-4-11(7-10)17(20)21/h1-8H,9H2/b13-8+. The van der Waals surface area contributed by atoms with Gasteiger partial charge >= 0.3 is 0 Å². The third-order valence-corrected chi connectivity index (χ3v) is 4.06. The predicted molar refractivity (Wildman–Crippen MR) is 83.3 cm³/mol. The molecule has 3 rings (SSSR count). The van der Waals surface area contributed by atoms with Crippen molar-refractivity contribution in [3.05, 3.63) is 69.0 Å². The Morgan fingerprint density at radius 1 is 1.26 bits per heavy atom. The van der Waals surface area contributed by atoms with Crippen molar-refractivity contribution in [2.45, 2.75) is 6.54 Å². The molecule has 0 saturated carbocycles. The third kappa shape index (κ3) is 3.16. The molecule has 116 valence electrons. The van der Waals surface area contributed by atoms with E-state index in [0.29, 0.717) is 11.3 Å². The molecule has 23 heavy (non-hydrogen) atoms. The number of nitro benzene ring substituents is 1. The highest BCUT2D eigenvalue weighted by molar-refractivity contribution is 8.18. The molecule has 1 saturated heterocycles. The van der Waals surface area contributed by atoms with Gasteiger partial charge in [-0.05, 0) is 29.5 Å². The van der Waals surface area contributed by atoms with Crippen molar-refractivity contribution in [2.24, 2.45) is 0 Å². The Labute approximate surface area is 134 Å². The Kier molecular flexibility index (Phi) is 3.98. The molecule has 0 spiro atoms. The number of benzene rings is 1. The molecule has 1 fully saturated rings. The van der Waals surface area contributed by atoms with Gasteiger partial charge < -0.3 is 4.42 Å². The Bertz CT molecular complexity index is 813. The fraction of sp³-hybridized carbons (Fsp3) is 0.0667. The van der Waals surface area contributed by atoms with Crippen LogP contribution in [-0.4, -0.2) is 21.0 Å². The van der Waals surface area contributed by atoms with E-state index in [2.05, 4.69) is 0 Å². The number of carbonyl (C=O) groups is 2. The molecule has 2 aromatic rings. The zero-order valence-electron chi connectivity index (χ0n) is 11.7. The lowest BCUT2D eigenvalue weighted by atomic mass is 10.2. The van der Waals surface area contributed by atoms with Gasteiger partial charge in [0, 0.05) is 18.2 Å². The predicted octanol–water partition coefficient (Wildman–Crippen LogP) is 3.42. The van der Waals surface area contributed by atoms with E-state index in [0.717, 1.165) is 16.7 Å². The number of furan rings is 1. The van der Waals surface area contributed by atoms with Crippen LogP contribution in [0.15, 0.2) is 52.0 Å². The maximum Gasteiger partial charge on any atom is 0.293 e. The van der Waals surface area contributed by atoms with E-state index >= 15 is 0 Å². The minimum absolute atomic E-state index is 0.0121. The van der Waals surface area contributed by atoms with E-state index in [1.807, 2.05) is 0 Å². The quantitative estimate of drug-likeness (QED) is 0.484. The first-order valence-corrected chi connectivity index (χ1v) is 7.38. The van der Waals surface area contributed by atoms with Crippen LogP contribution in [0.1, 0.15) is 11.3 Å². The summed E-state index contributed by atoms with van der Waals surface area (Å²) >= 11 is 0.814. The average molecular weight is 330 g/mol. The number of nitro groups is 1. The Balaban J connectivity index is 1.81. The summed E-state index contributed by atoms with van der Waals surface area (Å²) < 4.78 is 5.13. The zero-order chi connectivity index (χ0) is 16.4. The first kappa shape index (κ1) is 15.0. The van der Waals surface area contributed by atoms with Gasteiger partial charge in [0.15, 0.2) is 0 Å². The third-order valence-electron chi connectivity index (χ3n) is 3.15. The van der Waals surface area contributed by atoms with Crippen molar-refractivity contribution >= 4 is 34.7 Å². The van der Waals surface area contributed by atoms with Crippen LogP contribution < -0.4 is 0 Å². The Morgan fingerprint density at radius 3 is 2.78 bits per heavy atom. The number of carbonyl (C=O) groups excluding carboxylic acids is 2. The molecule has 0 atom stereocenters. The van der Waals surface area contributed by atoms with Gasteiger partial charge in [0.05, 0.1) is 22.6 Å². The topological polar surface area (TPSA) is 93.7 Å². The van der Waals surface area contributed by atoms with Crippen LogP contribution in [-0.2, 0) is 11.3 Å². The molecule has 1 aromatic carbocycles. The van der Waals surface area contributed by atoms with E-state index in [9.17, 15) is 19.7 Å². The van der Waals surface area contributed by atoms with E-state index in [1.54, 1.807) is 18.2 Å². The highest BCUT2D eigenvalue weighted by atomic mass is 32.2. The van der Waals surface area contributed by atoms with Crippen molar-refractivity contribution in [1.82, 2.24) is 4.90 Å². The molecule has 0 aliphatic carbocycles. The van der Waals surface area contributed by atoms with Crippen LogP contribution in [0.4, 0.5) is 10.5 Å². The summed E-state index contributed by atoms with van der Waals surface area (Å²) in [5, 5.41) is 10.4. The molecule has 8 heteroatoms.